The number of anilines is 1. The van der Waals surface area contributed by atoms with Gasteiger partial charge in [-0.25, -0.2) is 9.97 Å². The minimum Gasteiger partial charge on any atom is -0.356 e. The predicted molar refractivity (Wildman–Crippen MR) is 120 cm³/mol. The molecule has 2 aromatic rings. The van der Waals surface area contributed by atoms with Gasteiger partial charge in [0.25, 0.3) is 0 Å². The van der Waals surface area contributed by atoms with Crippen LogP contribution < -0.4 is 15.5 Å². The summed E-state index contributed by atoms with van der Waals surface area (Å²) in [5.74, 6) is 1.98. The molecule has 8 heteroatoms. The van der Waals surface area contributed by atoms with Crippen LogP contribution in [0, 0.1) is 0 Å². The molecule has 1 atom stereocenters. The number of rotatable bonds is 7. The van der Waals surface area contributed by atoms with Gasteiger partial charge in [-0.2, -0.15) is 0 Å². The van der Waals surface area contributed by atoms with Crippen LogP contribution in [-0.2, 0) is 4.79 Å². The Morgan fingerprint density at radius 2 is 1.77 bits per heavy atom. The highest BCUT2D eigenvalue weighted by Gasteiger charge is 2.22. The fourth-order valence-electron chi connectivity index (χ4n) is 3.43. The van der Waals surface area contributed by atoms with E-state index in [1.165, 1.54) is 5.56 Å². The van der Waals surface area contributed by atoms with Crippen LogP contribution in [0.5, 0.6) is 0 Å². The first-order valence-electron chi connectivity index (χ1n) is 10.5. The number of benzene rings is 1. The second-order valence-electron chi connectivity index (χ2n) is 7.36. The average Bonchev–Trinajstić information content (AvgIpc) is 2.82. The molecule has 1 saturated heterocycles. The lowest BCUT2D eigenvalue weighted by molar-refractivity contribution is -0.131. The summed E-state index contributed by atoms with van der Waals surface area (Å²) in [4.78, 5) is 29.4. The van der Waals surface area contributed by atoms with Crippen molar-refractivity contribution in [3.63, 3.8) is 0 Å². The molecule has 0 saturated carbocycles. The molecule has 0 aliphatic carbocycles. The van der Waals surface area contributed by atoms with Crippen molar-refractivity contribution < 1.29 is 4.79 Å². The maximum atomic E-state index is 12.5. The predicted octanol–water partition coefficient (Wildman–Crippen LogP) is 1.48. The highest BCUT2D eigenvalue weighted by atomic mass is 16.2. The number of nitrogens with zero attached hydrogens (tertiary/aromatic N) is 5. The van der Waals surface area contributed by atoms with Gasteiger partial charge in [-0.1, -0.05) is 37.3 Å². The summed E-state index contributed by atoms with van der Waals surface area (Å²) in [6.07, 6.45) is 3.93. The molecule has 1 unspecified atom stereocenters. The molecule has 1 aliphatic rings. The largest absolute Gasteiger partial charge is 0.356 e. The van der Waals surface area contributed by atoms with Gasteiger partial charge in [0.15, 0.2) is 5.96 Å². The molecule has 3 rings (SSSR count). The lowest BCUT2D eigenvalue weighted by Crippen LogP contribution is -2.50. The number of hydrogen-bond acceptors (Lipinski definition) is 5. The Hall–Kier alpha value is -3.16. The molecule has 1 amide bonds. The number of piperazine rings is 1. The number of carbonyl (C=O) groups is 1. The van der Waals surface area contributed by atoms with Crippen LogP contribution in [0.25, 0.3) is 0 Å². The van der Waals surface area contributed by atoms with E-state index in [9.17, 15) is 4.79 Å². The molecule has 30 heavy (non-hydrogen) atoms. The minimum absolute atomic E-state index is 0.157. The molecular formula is C22H31N7O. The SMILES string of the molecule is CN=C(NCCC(=O)N1CCN(c2ncccn2)CC1)NCC(C)c1ccccc1. The lowest BCUT2D eigenvalue weighted by atomic mass is 10.0. The second kappa shape index (κ2) is 11.1. The topological polar surface area (TPSA) is 85.8 Å². The fraction of sp³-hybridized carbons (Fsp3) is 0.455. The summed E-state index contributed by atoms with van der Waals surface area (Å²) in [7, 11) is 1.75. The number of nitrogens with one attached hydrogen (secondary N) is 2. The summed E-state index contributed by atoms with van der Waals surface area (Å²) < 4.78 is 0. The number of amides is 1. The molecule has 160 valence electrons. The average molecular weight is 410 g/mol. The smallest absolute Gasteiger partial charge is 0.225 e. The minimum atomic E-state index is 0.157. The molecule has 0 spiro atoms. The highest BCUT2D eigenvalue weighted by Crippen LogP contribution is 2.13. The van der Waals surface area contributed by atoms with Crippen molar-refractivity contribution in [1.29, 1.82) is 0 Å². The van der Waals surface area contributed by atoms with Crippen LogP contribution in [0.2, 0.25) is 0 Å². The summed E-state index contributed by atoms with van der Waals surface area (Å²) >= 11 is 0. The summed E-state index contributed by atoms with van der Waals surface area (Å²) in [5.41, 5.74) is 1.29. The van der Waals surface area contributed by atoms with Crippen molar-refractivity contribution in [1.82, 2.24) is 25.5 Å². The molecule has 0 radical (unpaired) electrons. The molecule has 1 fully saturated rings. The third-order valence-electron chi connectivity index (χ3n) is 5.27. The molecular weight excluding hydrogens is 378 g/mol. The number of carbonyl (C=O) groups excluding carboxylic acids is 1. The third-order valence-corrected chi connectivity index (χ3v) is 5.27. The van der Waals surface area contributed by atoms with Gasteiger partial charge in [-0.05, 0) is 17.5 Å². The Balaban J connectivity index is 1.35. The van der Waals surface area contributed by atoms with Gasteiger partial charge >= 0.3 is 0 Å². The van der Waals surface area contributed by atoms with Crippen molar-refractivity contribution in [2.75, 3.05) is 51.2 Å². The first-order chi connectivity index (χ1) is 14.7. The van der Waals surface area contributed by atoms with Crippen molar-refractivity contribution in [3.05, 3.63) is 54.4 Å². The van der Waals surface area contributed by atoms with Crippen molar-refractivity contribution in [3.8, 4) is 0 Å². The molecule has 2 heterocycles. The van der Waals surface area contributed by atoms with E-state index in [0.717, 1.165) is 31.5 Å². The maximum Gasteiger partial charge on any atom is 0.225 e. The normalized spacial score (nSPS) is 15.6. The van der Waals surface area contributed by atoms with E-state index in [-0.39, 0.29) is 5.91 Å². The second-order valence-corrected chi connectivity index (χ2v) is 7.36. The zero-order valence-corrected chi connectivity index (χ0v) is 17.8. The summed E-state index contributed by atoms with van der Waals surface area (Å²) in [6, 6.07) is 12.2. The Kier molecular flexibility index (Phi) is 8.00. The van der Waals surface area contributed by atoms with E-state index in [1.807, 2.05) is 11.0 Å². The zero-order chi connectivity index (χ0) is 21.2. The van der Waals surface area contributed by atoms with E-state index in [2.05, 4.69) is 61.7 Å². The van der Waals surface area contributed by atoms with Crippen LogP contribution in [0.4, 0.5) is 5.95 Å². The van der Waals surface area contributed by atoms with Gasteiger partial charge in [-0.15, -0.1) is 0 Å². The van der Waals surface area contributed by atoms with Gasteiger partial charge in [0.1, 0.15) is 0 Å². The highest BCUT2D eigenvalue weighted by molar-refractivity contribution is 5.81. The monoisotopic (exact) mass is 409 g/mol. The van der Waals surface area contributed by atoms with Crippen molar-refractivity contribution in [2.24, 2.45) is 4.99 Å². The van der Waals surface area contributed by atoms with Gasteiger partial charge in [-0.3, -0.25) is 9.79 Å². The first kappa shape index (κ1) is 21.5. The molecule has 1 aromatic heterocycles. The quantitative estimate of drug-likeness (QED) is 0.532. The van der Waals surface area contributed by atoms with E-state index in [1.54, 1.807) is 25.5 Å². The molecule has 1 aromatic carbocycles. The lowest BCUT2D eigenvalue weighted by Gasteiger charge is -2.34. The van der Waals surface area contributed by atoms with Crippen LogP contribution in [0.15, 0.2) is 53.8 Å². The van der Waals surface area contributed by atoms with Crippen LogP contribution in [-0.4, -0.2) is 73.1 Å². The zero-order valence-electron chi connectivity index (χ0n) is 17.8. The maximum absolute atomic E-state index is 12.5. The summed E-state index contributed by atoms with van der Waals surface area (Å²) in [5, 5.41) is 6.58. The van der Waals surface area contributed by atoms with Crippen LogP contribution in [0.1, 0.15) is 24.8 Å². The van der Waals surface area contributed by atoms with E-state index >= 15 is 0 Å². The molecule has 8 nitrogen and oxygen atoms in total. The molecule has 0 bridgehead atoms. The summed E-state index contributed by atoms with van der Waals surface area (Å²) in [6.45, 7) is 6.41. The number of aliphatic imine (C=N–C) groups is 1. The van der Waals surface area contributed by atoms with Crippen molar-refractivity contribution in [2.45, 2.75) is 19.3 Å². The third kappa shape index (κ3) is 6.17. The Morgan fingerprint density at radius 3 is 2.43 bits per heavy atom. The van der Waals surface area contributed by atoms with Crippen LogP contribution in [0.3, 0.4) is 0 Å². The van der Waals surface area contributed by atoms with Gasteiger partial charge < -0.3 is 20.4 Å². The van der Waals surface area contributed by atoms with E-state index in [0.29, 0.717) is 32.0 Å². The Labute approximate surface area is 178 Å². The van der Waals surface area contributed by atoms with Gasteiger partial charge in [0.2, 0.25) is 11.9 Å². The van der Waals surface area contributed by atoms with Gasteiger partial charge in [0.05, 0.1) is 0 Å². The van der Waals surface area contributed by atoms with E-state index < -0.39 is 0 Å². The molecule has 2 N–H and O–H groups in total. The standard InChI is InChI=1S/C22H31N7O/c1-18(19-7-4-3-5-8-19)17-27-21(23-2)24-12-9-20(30)28-13-15-29(16-14-28)22-25-10-6-11-26-22/h3-8,10-11,18H,9,12-17H2,1-2H3,(H2,23,24,27). The van der Waals surface area contributed by atoms with Crippen molar-refractivity contribution >= 4 is 17.8 Å². The number of hydrogen-bond donors (Lipinski definition) is 2. The van der Waals surface area contributed by atoms with Gasteiger partial charge in [0, 0.05) is 65.1 Å². The van der Waals surface area contributed by atoms with E-state index in [4.69, 9.17) is 0 Å². The number of guanidine groups is 1. The Bertz CT molecular complexity index is 805. The number of aromatic nitrogens is 2. The Morgan fingerprint density at radius 1 is 1.07 bits per heavy atom. The fourth-order valence-corrected chi connectivity index (χ4v) is 3.43. The van der Waals surface area contributed by atoms with Crippen LogP contribution >= 0.6 is 0 Å². The molecule has 1 aliphatic heterocycles. The first-order valence-corrected chi connectivity index (χ1v) is 10.5.